The van der Waals surface area contributed by atoms with Crippen LogP contribution in [0.2, 0.25) is 0 Å². The van der Waals surface area contributed by atoms with Crippen molar-refractivity contribution in [2.24, 2.45) is 5.73 Å². The van der Waals surface area contributed by atoms with Gasteiger partial charge in [0.1, 0.15) is 22.1 Å². The molecule has 1 amide bonds. The van der Waals surface area contributed by atoms with Crippen LogP contribution in [-0.4, -0.2) is 55.9 Å². The Morgan fingerprint density at radius 2 is 2.16 bits per heavy atom. The van der Waals surface area contributed by atoms with Gasteiger partial charge in [0.15, 0.2) is 0 Å². The van der Waals surface area contributed by atoms with Gasteiger partial charge in [0.05, 0.1) is 23.9 Å². The van der Waals surface area contributed by atoms with Crippen molar-refractivity contribution in [1.82, 2.24) is 10.3 Å². The Bertz CT molecular complexity index is 1180. The minimum atomic E-state index is -0.187. The summed E-state index contributed by atoms with van der Waals surface area (Å²) >= 11 is 1.32. The minimum Gasteiger partial charge on any atom is -0.491 e. The Kier molecular flexibility index (Phi) is 5.40. The molecule has 2 aromatic heterocycles. The highest BCUT2D eigenvalue weighted by atomic mass is 32.1. The summed E-state index contributed by atoms with van der Waals surface area (Å²) in [6, 6.07) is 9.88. The molecule has 5 N–H and O–H groups in total. The lowest BCUT2D eigenvalue weighted by Crippen LogP contribution is -2.42. The maximum absolute atomic E-state index is 12.9. The van der Waals surface area contributed by atoms with Crippen molar-refractivity contribution in [3.05, 3.63) is 46.5 Å². The average Bonchev–Trinajstić information content (AvgIpc) is 3.32. The smallest absolute Gasteiger partial charge is 0.263 e. The first-order chi connectivity index (χ1) is 15.4. The second kappa shape index (κ2) is 8.23. The van der Waals surface area contributed by atoms with Crippen LogP contribution in [0.15, 0.2) is 30.3 Å². The maximum Gasteiger partial charge on any atom is 0.263 e. The lowest BCUT2D eigenvalue weighted by molar-refractivity contribution is 0.0920. The van der Waals surface area contributed by atoms with Crippen molar-refractivity contribution < 1.29 is 14.3 Å². The molecule has 0 bridgehead atoms. The molecule has 0 saturated carbocycles. The van der Waals surface area contributed by atoms with Crippen LogP contribution >= 0.6 is 11.3 Å². The topological polar surface area (TPSA) is 116 Å². The number of thiophene rings is 1. The molecule has 1 aromatic carbocycles. The van der Waals surface area contributed by atoms with Crippen LogP contribution in [0.4, 0.5) is 11.4 Å². The van der Waals surface area contributed by atoms with Crippen molar-refractivity contribution in [3.8, 4) is 5.75 Å². The van der Waals surface area contributed by atoms with E-state index in [-0.39, 0.29) is 24.1 Å². The maximum atomic E-state index is 12.9. The number of anilines is 2. The van der Waals surface area contributed by atoms with Gasteiger partial charge in [0.25, 0.3) is 5.91 Å². The monoisotopic (exact) mass is 453 g/mol. The molecule has 5 rings (SSSR count). The number of pyridine rings is 1. The Hall–Kier alpha value is -2.88. The van der Waals surface area contributed by atoms with E-state index in [0.717, 1.165) is 46.0 Å². The number of carbonyl (C=O) groups excluding carboxylic acids is 1. The number of aromatic nitrogens is 1. The standard InChI is InChI=1S/C23H27N5O3S/c1-12-3-6-16-20(25)21(32-23(16)26-12)22(29)27-14-7-13-4-5-15(8-18(13)31-11-14)28-9-17(24)19(10-28)30-2/h3-6,8,14,17,19H,7,9-11,24-25H2,1-2H3,(H,27,29)/t14-,17+,19-/m1/s1. The van der Waals surface area contributed by atoms with Crippen LogP contribution in [-0.2, 0) is 11.2 Å². The van der Waals surface area contributed by atoms with Gasteiger partial charge < -0.3 is 31.2 Å². The summed E-state index contributed by atoms with van der Waals surface area (Å²) in [4.78, 5) is 20.9. The number of fused-ring (bicyclic) bond motifs is 2. The fourth-order valence-corrected chi connectivity index (χ4v) is 5.46. The number of amides is 1. The number of aryl methyl sites for hydroxylation is 1. The van der Waals surface area contributed by atoms with Gasteiger partial charge in [-0.05, 0) is 37.1 Å². The number of ether oxygens (including phenoxy) is 2. The SMILES string of the molecule is CO[C@@H]1CN(c2ccc3c(c2)OC[C@H](NC(=O)c2sc4nc(C)ccc4c2N)C3)C[C@@H]1N. The van der Waals surface area contributed by atoms with Gasteiger partial charge in [0.2, 0.25) is 0 Å². The number of rotatable bonds is 4. The van der Waals surface area contributed by atoms with E-state index in [0.29, 0.717) is 23.6 Å². The summed E-state index contributed by atoms with van der Waals surface area (Å²) in [6.45, 7) is 3.84. The first kappa shape index (κ1) is 21.0. The molecule has 8 nitrogen and oxygen atoms in total. The number of carbonyl (C=O) groups is 1. The molecule has 0 radical (unpaired) electrons. The van der Waals surface area contributed by atoms with Crippen LogP contribution in [0.5, 0.6) is 5.75 Å². The zero-order chi connectivity index (χ0) is 22.4. The van der Waals surface area contributed by atoms with Crippen LogP contribution in [0.3, 0.4) is 0 Å². The summed E-state index contributed by atoms with van der Waals surface area (Å²) in [7, 11) is 1.70. The molecule has 1 fully saturated rings. The molecule has 0 unspecified atom stereocenters. The molecule has 9 heteroatoms. The highest BCUT2D eigenvalue weighted by Gasteiger charge is 2.31. The van der Waals surface area contributed by atoms with Crippen molar-refractivity contribution >= 4 is 38.8 Å². The number of nitrogens with one attached hydrogen (secondary N) is 1. The van der Waals surface area contributed by atoms with Crippen molar-refractivity contribution in [2.45, 2.75) is 31.5 Å². The molecule has 2 aliphatic rings. The van der Waals surface area contributed by atoms with E-state index in [4.69, 9.17) is 20.9 Å². The largest absolute Gasteiger partial charge is 0.491 e. The summed E-state index contributed by atoms with van der Waals surface area (Å²) in [5.74, 6) is 0.664. The summed E-state index contributed by atoms with van der Waals surface area (Å²) in [5, 5.41) is 3.90. The number of hydrogen-bond donors (Lipinski definition) is 3. The molecule has 168 valence electrons. The summed E-state index contributed by atoms with van der Waals surface area (Å²) < 4.78 is 11.5. The molecule has 3 atom stereocenters. The fourth-order valence-electron chi connectivity index (χ4n) is 4.42. The second-order valence-electron chi connectivity index (χ2n) is 8.47. The van der Waals surface area contributed by atoms with Crippen LogP contribution in [0, 0.1) is 6.92 Å². The molecule has 2 aliphatic heterocycles. The second-order valence-corrected chi connectivity index (χ2v) is 9.47. The predicted octanol–water partition coefficient (Wildman–Crippen LogP) is 2.08. The van der Waals surface area contributed by atoms with Crippen molar-refractivity contribution in [2.75, 3.05) is 37.4 Å². The first-order valence-electron chi connectivity index (χ1n) is 10.7. The zero-order valence-electron chi connectivity index (χ0n) is 18.1. The molecule has 1 saturated heterocycles. The molecular weight excluding hydrogens is 426 g/mol. The number of methoxy groups -OCH3 is 1. The van der Waals surface area contributed by atoms with Gasteiger partial charge in [-0.2, -0.15) is 0 Å². The molecule has 0 spiro atoms. The van der Waals surface area contributed by atoms with Crippen molar-refractivity contribution in [3.63, 3.8) is 0 Å². The van der Waals surface area contributed by atoms with Gasteiger partial charge in [0, 0.05) is 43.0 Å². The lowest BCUT2D eigenvalue weighted by Gasteiger charge is -2.28. The molecule has 4 heterocycles. The summed E-state index contributed by atoms with van der Waals surface area (Å²) in [6.07, 6.45) is 0.732. The molecule has 0 aliphatic carbocycles. The Balaban J connectivity index is 1.28. The normalized spacial score (nSPS) is 22.6. The van der Waals surface area contributed by atoms with E-state index in [9.17, 15) is 4.79 Å². The van der Waals surface area contributed by atoms with Gasteiger partial charge in [-0.3, -0.25) is 4.79 Å². The Labute approximate surface area is 190 Å². The highest BCUT2D eigenvalue weighted by Crippen LogP contribution is 2.34. The zero-order valence-corrected chi connectivity index (χ0v) is 18.9. The fraction of sp³-hybridized carbons (Fsp3) is 0.391. The van der Waals surface area contributed by atoms with Gasteiger partial charge in [-0.25, -0.2) is 4.98 Å². The molecule has 3 aromatic rings. The highest BCUT2D eigenvalue weighted by molar-refractivity contribution is 7.21. The van der Waals surface area contributed by atoms with E-state index in [1.807, 2.05) is 19.1 Å². The van der Waals surface area contributed by atoms with E-state index < -0.39 is 0 Å². The van der Waals surface area contributed by atoms with Crippen LogP contribution in [0.25, 0.3) is 10.2 Å². The number of nitrogens with zero attached hydrogens (tertiary/aromatic N) is 2. The van der Waals surface area contributed by atoms with Crippen molar-refractivity contribution in [1.29, 1.82) is 0 Å². The van der Waals surface area contributed by atoms with Gasteiger partial charge in [-0.15, -0.1) is 11.3 Å². The lowest BCUT2D eigenvalue weighted by atomic mass is 10.0. The van der Waals surface area contributed by atoms with E-state index in [1.165, 1.54) is 11.3 Å². The number of hydrogen-bond acceptors (Lipinski definition) is 8. The quantitative estimate of drug-likeness (QED) is 0.554. The summed E-state index contributed by atoms with van der Waals surface area (Å²) in [5.41, 5.74) is 15.9. The van der Waals surface area contributed by atoms with Gasteiger partial charge >= 0.3 is 0 Å². The molecular formula is C23H27N5O3S. The predicted molar refractivity (Wildman–Crippen MR) is 127 cm³/mol. The third-order valence-electron chi connectivity index (χ3n) is 6.21. The number of benzene rings is 1. The van der Waals surface area contributed by atoms with Gasteiger partial charge in [-0.1, -0.05) is 6.07 Å². The Morgan fingerprint density at radius 3 is 2.94 bits per heavy atom. The van der Waals surface area contributed by atoms with E-state index in [1.54, 1.807) is 7.11 Å². The van der Waals surface area contributed by atoms with E-state index in [2.05, 4.69) is 33.4 Å². The van der Waals surface area contributed by atoms with E-state index >= 15 is 0 Å². The first-order valence-corrected chi connectivity index (χ1v) is 11.5. The number of nitrogens with two attached hydrogens (primary N) is 2. The minimum absolute atomic E-state index is 0.00278. The average molecular weight is 454 g/mol. The Morgan fingerprint density at radius 1 is 1.31 bits per heavy atom. The molecule has 32 heavy (non-hydrogen) atoms. The third-order valence-corrected chi connectivity index (χ3v) is 7.32. The van der Waals surface area contributed by atoms with Crippen LogP contribution < -0.4 is 26.4 Å². The number of nitrogen functional groups attached to an aromatic ring is 1. The third kappa shape index (κ3) is 3.76. The van der Waals surface area contributed by atoms with Crippen LogP contribution in [0.1, 0.15) is 20.9 Å².